The molecule has 64 valence electrons. The molecule has 0 N–H and O–H groups in total. The summed E-state index contributed by atoms with van der Waals surface area (Å²) in [6, 6.07) is 0. The molecule has 0 amide bonds. The molecule has 0 spiro atoms. The fraction of sp³-hybridized carbons (Fsp3) is 0.500. The summed E-state index contributed by atoms with van der Waals surface area (Å²) >= 11 is 0. The Morgan fingerprint density at radius 3 is 1.71 bits per heavy atom. The molecule has 3 aliphatic carbocycles. The third-order valence-electron chi connectivity index (χ3n) is 3.38. The number of hydrogen-bond donors (Lipinski definition) is 0. The largest absolute Gasteiger partial charge is 1.00 e. The maximum absolute atomic E-state index is 2.53. The molecule has 0 aromatic rings. The molecule has 0 aromatic carbocycles. The van der Waals surface area contributed by atoms with E-state index in [-0.39, 0.29) is 37.7 Å². The molecule has 3 rings (SSSR count). The van der Waals surface area contributed by atoms with Crippen LogP contribution in [-0.2, 0) is 0 Å². The minimum absolute atomic E-state index is 0. The van der Waals surface area contributed by atoms with E-state index in [1.807, 2.05) is 0 Å². The average molecular weight is 172 g/mol. The van der Waals surface area contributed by atoms with Crippen LogP contribution in [0.1, 0.15) is 25.7 Å². The van der Waals surface area contributed by atoms with Crippen LogP contribution in [-0.4, -0.2) is 0 Å². The third-order valence-corrected chi connectivity index (χ3v) is 3.38. The zero-order valence-electron chi connectivity index (χ0n) is 9.29. The van der Waals surface area contributed by atoms with E-state index in [0.717, 1.165) is 11.8 Å². The third kappa shape index (κ3) is 2.10. The van der Waals surface area contributed by atoms with Crippen LogP contribution in [0, 0.1) is 24.7 Å². The standard InChI is InChI=1S/C12H14.2Li/c1-3-9-7-11-5-2-6-12(11)8-10(9)4-1;;/h1-2,7-9,12H,3-6H2;;/q-2;2*+1. The summed E-state index contributed by atoms with van der Waals surface area (Å²) in [6.07, 6.45) is 15.0. The molecular formula is C12H14Li2. The van der Waals surface area contributed by atoms with Gasteiger partial charge in [-0.2, -0.15) is 25.7 Å². The van der Waals surface area contributed by atoms with Crippen LogP contribution in [0.2, 0.25) is 0 Å². The second-order valence-corrected chi connectivity index (χ2v) is 4.15. The molecule has 0 aliphatic heterocycles. The Bertz CT molecular complexity index is 237. The van der Waals surface area contributed by atoms with Gasteiger partial charge in [-0.15, -0.1) is 0 Å². The van der Waals surface area contributed by atoms with E-state index in [4.69, 9.17) is 0 Å². The first-order valence-corrected chi connectivity index (χ1v) is 4.98. The van der Waals surface area contributed by atoms with Crippen molar-refractivity contribution < 1.29 is 37.7 Å². The van der Waals surface area contributed by atoms with Gasteiger partial charge in [0.2, 0.25) is 0 Å². The Morgan fingerprint density at radius 2 is 1.29 bits per heavy atom. The van der Waals surface area contributed by atoms with Crippen molar-refractivity contribution in [3.05, 3.63) is 36.1 Å². The number of fused-ring (bicyclic) bond motifs is 2. The van der Waals surface area contributed by atoms with Crippen molar-refractivity contribution in [3.63, 3.8) is 0 Å². The van der Waals surface area contributed by atoms with Crippen LogP contribution in [0.3, 0.4) is 0 Å². The van der Waals surface area contributed by atoms with Gasteiger partial charge in [-0.05, 0) is 11.8 Å². The Balaban J connectivity index is 0.000000490. The molecule has 2 unspecified atom stereocenters. The molecule has 0 bridgehead atoms. The fourth-order valence-electron chi connectivity index (χ4n) is 2.71. The first kappa shape index (κ1) is 12.7. The summed E-state index contributed by atoms with van der Waals surface area (Å²) in [6.45, 7) is 0. The van der Waals surface area contributed by atoms with Gasteiger partial charge in [-0.3, -0.25) is 0 Å². The summed E-state index contributed by atoms with van der Waals surface area (Å²) in [4.78, 5) is 0. The van der Waals surface area contributed by atoms with Crippen molar-refractivity contribution in [2.45, 2.75) is 25.7 Å². The van der Waals surface area contributed by atoms with Crippen LogP contribution in [0.15, 0.2) is 23.3 Å². The molecule has 0 heterocycles. The maximum Gasteiger partial charge on any atom is 1.00 e. The number of rotatable bonds is 0. The van der Waals surface area contributed by atoms with Gasteiger partial charge in [0.15, 0.2) is 0 Å². The quantitative estimate of drug-likeness (QED) is 0.209. The summed E-state index contributed by atoms with van der Waals surface area (Å²) in [5, 5.41) is 0. The fourth-order valence-corrected chi connectivity index (χ4v) is 2.71. The smallest absolute Gasteiger partial charge is 0.324 e. The Kier molecular flexibility index (Phi) is 4.68. The maximum atomic E-state index is 2.53. The van der Waals surface area contributed by atoms with Crippen molar-refractivity contribution in [2.75, 3.05) is 0 Å². The van der Waals surface area contributed by atoms with Crippen molar-refractivity contribution in [1.82, 2.24) is 0 Å². The minimum atomic E-state index is 0. The van der Waals surface area contributed by atoms with Gasteiger partial charge < -0.3 is 12.8 Å². The molecule has 0 nitrogen and oxygen atoms in total. The van der Waals surface area contributed by atoms with E-state index in [0.29, 0.717) is 0 Å². The number of allylic oxidation sites excluding steroid dienone is 4. The first-order chi connectivity index (χ1) is 5.93. The van der Waals surface area contributed by atoms with Crippen LogP contribution < -0.4 is 37.7 Å². The van der Waals surface area contributed by atoms with Crippen molar-refractivity contribution in [2.24, 2.45) is 11.8 Å². The molecule has 2 fully saturated rings. The van der Waals surface area contributed by atoms with E-state index in [1.54, 1.807) is 11.1 Å². The minimum Gasteiger partial charge on any atom is -0.324 e. The van der Waals surface area contributed by atoms with Crippen molar-refractivity contribution in [1.29, 1.82) is 0 Å². The average Bonchev–Trinajstić information content (AvgIpc) is 2.64. The molecule has 0 saturated heterocycles. The molecule has 2 saturated carbocycles. The Labute approximate surface area is 111 Å². The second kappa shape index (κ2) is 5.14. The van der Waals surface area contributed by atoms with Crippen LogP contribution in [0.5, 0.6) is 0 Å². The van der Waals surface area contributed by atoms with Gasteiger partial charge in [0, 0.05) is 0 Å². The van der Waals surface area contributed by atoms with Gasteiger partial charge in [0.25, 0.3) is 0 Å². The Hall–Kier alpha value is 0.675. The molecule has 3 aliphatic rings. The van der Waals surface area contributed by atoms with E-state index >= 15 is 0 Å². The van der Waals surface area contributed by atoms with E-state index in [9.17, 15) is 0 Å². The molecular weight excluding hydrogens is 158 g/mol. The van der Waals surface area contributed by atoms with Crippen molar-refractivity contribution >= 4 is 0 Å². The van der Waals surface area contributed by atoms with Crippen LogP contribution >= 0.6 is 0 Å². The van der Waals surface area contributed by atoms with Crippen LogP contribution in [0.25, 0.3) is 0 Å². The zero-order valence-corrected chi connectivity index (χ0v) is 9.29. The van der Waals surface area contributed by atoms with Crippen molar-refractivity contribution in [3.8, 4) is 0 Å². The van der Waals surface area contributed by atoms with Gasteiger partial charge >= 0.3 is 37.7 Å². The van der Waals surface area contributed by atoms with Crippen LogP contribution in [0.4, 0.5) is 0 Å². The van der Waals surface area contributed by atoms with E-state index < -0.39 is 0 Å². The van der Waals surface area contributed by atoms with Gasteiger partial charge in [0.05, 0.1) is 0 Å². The SMILES string of the molecule is C1=C2C[CH-]CC2C=C2C[CH-]CC12.[Li+].[Li+]. The number of hydrogen-bond acceptors (Lipinski definition) is 0. The second-order valence-electron chi connectivity index (χ2n) is 4.15. The predicted octanol–water partition coefficient (Wildman–Crippen LogP) is -2.91. The monoisotopic (exact) mass is 172 g/mol. The first-order valence-electron chi connectivity index (χ1n) is 4.98. The Morgan fingerprint density at radius 1 is 0.857 bits per heavy atom. The summed E-state index contributed by atoms with van der Waals surface area (Å²) in [7, 11) is 0. The summed E-state index contributed by atoms with van der Waals surface area (Å²) in [5.41, 5.74) is 3.39. The predicted molar refractivity (Wildman–Crippen MR) is 50.2 cm³/mol. The summed E-state index contributed by atoms with van der Waals surface area (Å²) in [5.74, 6) is 1.59. The molecule has 14 heavy (non-hydrogen) atoms. The molecule has 2 atom stereocenters. The molecule has 0 radical (unpaired) electrons. The van der Waals surface area contributed by atoms with Gasteiger partial charge in [-0.1, -0.05) is 23.3 Å². The normalized spacial score (nSPS) is 33.1. The van der Waals surface area contributed by atoms with Gasteiger partial charge in [0.1, 0.15) is 0 Å². The molecule has 2 heteroatoms. The van der Waals surface area contributed by atoms with Gasteiger partial charge in [-0.25, -0.2) is 0 Å². The van der Waals surface area contributed by atoms with E-state index in [2.05, 4.69) is 25.0 Å². The zero-order chi connectivity index (χ0) is 7.97. The summed E-state index contributed by atoms with van der Waals surface area (Å²) < 4.78 is 0. The topological polar surface area (TPSA) is 0 Å². The molecule has 0 aromatic heterocycles. The van der Waals surface area contributed by atoms with E-state index in [1.165, 1.54) is 25.7 Å².